The topological polar surface area (TPSA) is 3.24 Å². The van der Waals surface area contributed by atoms with Crippen LogP contribution >= 0.6 is 24.0 Å². The maximum absolute atomic E-state index is 5.99. The van der Waals surface area contributed by atoms with E-state index < -0.39 is 0 Å². The van der Waals surface area contributed by atoms with Crippen LogP contribution in [0.4, 0.5) is 0 Å². The quantitative estimate of drug-likeness (QED) is 0.726. The van der Waals surface area contributed by atoms with Crippen molar-refractivity contribution in [2.75, 3.05) is 13.1 Å². The van der Waals surface area contributed by atoms with Crippen molar-refractivity contribution >= 4 is 24.0 Å². The molecule has 1 aliphatic heterocycles. The summed E-state index contributed by atoms with van der Waals surface area (Å²) in [6, 6.07) is 9.01. The van der Waals surface area contributed by atoms with Crippen molar-refractivity contribution < 1.29 is 0 Å². The number of halogens is 2. The maximum Gasteiger partial charge on any atom is 0.0406 e. The molecule has 1 heterocycles. The number of likely N-dealkylation sites (tertiary alicyclic amines) is 1. The summed E-state index contributed by atoms with van der Waals surface area (Å²) in [6.45, 7) is 7.12. The van der Waals surface area contributed by atoms with Crippen molar-refractivity contribution in [2.24, 2.45) is 5.92 Å². The second-order valence-corrected chi connectivity index (χ2v) is 6.23. The van der Waals surface area contributed by atoms with E-state index in [0.717, 1.165) is 10.9 Å². The highest BCUT2D eigenvalue weighted by Gasteiger charge is 2.22. The number of nitrogens with zero attached hydrogens (tertiary/aromatic N) is 1. The summed E-state index contributed by atoms with van der Waals surface area (Å²) in [7, 11) is 0. The van der Waals surface area contributed by atoms with E-state index in [1.54, 1.807) is 0 Å². The monoisotopic (exact) mass is 301 g/mol. The molecule has 0 radical (unpaired) electrons. The van der Waals surface area contributed by atoms with Gasteiger partial charge in [0, 0.05) is 11.1 Å². The van der Waals surface area contributed by atoms with Gasteiger partial charge >= 0.3 is 0 Å². The number of rotatable bonds is 4. The zero-order valence-corrected chi connectivity index (χ0v) is 13.5. The van der Waals surface area contributed by atoms with Crippen LogP contribution in [0.3, 0.4) is 0 Å². The van der Waals surface area contributed by atoms with Gasteiger partial charge in [0.1, 0.15) is 0 Å². The van der Waals surface area contributed by atoms with E-state index >= 15 is 0 Å². The van der Waals surface area contributed by atoms with E-state index in [9.17, 15) is 0 Å². The smallest absolute Gasteiger partial charge is 0.0406 e. The van der Waals surface area contributed by atoms with Gasteiger partial charge in [-0.15, -0.1) is 12.4 Å². The maximum atomic E-state index is 5.99. The molecule has 1 fully saturated rings. The summed E-state index contributed by atoms with van der Waals surface area (Å²) >= 11 is 5.99. The van der Waals surface area contributed by atoms with Gasteiger partial charge in [0.25, 0.3) is 0 Å². The van der Waals surface area contributed by atoms with Gasteiger partial charge in [-0.25, -0.2) is 0 Å². The standard InChI is InChI=1S/C16H24ClN.ClH/c1-13(2)12-16(18-10-4-3-5-11-18)14-6-8-15(17)9-7-14;/h6-9,13,16H,3-5,10-12H2,1-2H3;1H. The van der Waals surface area contributed by atoms with Crippen LogP contribution in [0.25, 0.3) is 0 Å². The second kappa shape index (κ2) is 8.14. The van der Waals surface area contributed by atoms with Gasteiger partial charge in [-0.2, -0.15) is 0 Å². The van der Waals surface area contributed by atoms with Crippen LogP contribution in [0.2, 0.25) is 5.02 Å². The molecule has 0 bridgehead atoms. The molecule has 108 valence electrons. The van der Waals surface area contributed by atoms with Crippen LogP contribution in [0.5, 0.6) is 0 Å². The average Bonchev–Trinajstić information content (AvgIpc) is 2.38. The Bertz CT molecular complexity index is 356. The van der Waals surface area contributed by atoms with Gasteiger partial charge in [0.15, 0.2) is 0 Å². The van der Waals surface area contributed by atoms with E-state index in [-0.39, 0.29) is 12.4 Å². The Morgan fingerprint density at radius 3 is 2.16 bits per heavy atom. The van der Waals surface area contributed by atoms with Crippen molar-refractivity contribution in [3.63, 3.8) is 0 Å². The average molecular weight is 302 g/mol. The molecule has 0 spiro atoms. The van der Waals surface area contributed by atoms with Crippen molar-refractivity contribution in [1.82, 2.24) is 4.90 Å². The largest absolute Gasteiger partial charge is 0.296 e. The SMILES string of the molecule is CC(C)CC(c1ccc(Cl)cc1)N1CCCCC1.Cl. The highest BCUT2D eigenvalue weighted by molar-refractivity contribution is 6.30. The lowest BCUT2D eigenvalue weighted by atomic mass is 9.94. The van der Waals surface area contributed by atoms with Crippen LogP contribution in [0, 0.1) is 5.92 Å². The molecule has 0 aliphatic carbocycles. The molecule has 3 heteroatoms. The summed E-state index contributed by atoms with van der Waals surface area (Å²) in [5, 5.41) is 0.834. The van der Waals surface area contributed by atoms with Crippen LogP contribution in [0.1, 0.15) is 51.1 Å². The molecule has 0 aromatic heterocycles. The fourth-order valence-corrected chi connectivity index (χ4v) is 2.98. The molecule has 1 unspecified atom stereocenters. The summed E-state index contributed by atoms with van der Waals surface area (Å²) in [4.78, 5) is 2.66. The fourth-order valence-electron chi connectivity index (χ4n) is 2.86. The van der Waals surface area contributed by atoms with Crippen molar-refractivity contribution in [3.05, 3.63) is 34.9 Å². The Kier molecular flexibility index (Phi) is 7.20. The lowest BCUT2D eigenvalue weighted by Gasteiger charge is -2.36. The third-order valence-electron chi connectivity index (χ3n) is 3.78. The molecule has 1 aromatic carbocycles. The normalized spacial score (nSPS) is 18.1. The Morgan fingerprint density at radius 1 is 1.05 bits per heavy atom. The Balaban J connectivity index is 0.00000180. The van der Waals surface area contributed by atoms with Crippen molar-refractivity contribution in [1.29, 1.82) is 0 Å². The lowest BCUT2D eigenvalue weighted by Crippen LogP contribution is -2.34. The van der Waals surface area contributed by atoms with Gasteiger partial charge in [0.05, 0.1) is 0 Å². The number of piperidine rings is 1. The zero-order chi connectivity index (χ0) is 13.0. The van der Waals surface area contributed by atoms with E-state index in [1.807, 2.05) is 12.1 Å². The number of hydrogen-bond donors (Lipinski definition) is 0. The Labute approximate surface area is 128 Å². The van der Waals surface area contributed by atoms with E-state index in [1.165, 1.54) is 44.3 Å². The number of benzene rings is 1. The molecule has 2 rings (SSSR count). The van der Waals surface area contributed by atoms with Gasteiger partial charge < -0.3 is 0 Å². The molecule has 19 heavy (non-hydrogen) atoms. The minimum absolute atomic E-state index is 0. The van der Waals surface area contributed by atoms with Crippen LogP contribution in [0.15, 0.2) is 24.3 Å². The predicted molar refractivity (Wildman–Crippen MR) is 86.3 cm³/mol. The summed E-state index contributed by atoms with van der Waals surface area (Å²) in [5.41, 5.74) is 1.43. The summed E-state index contributed by atoms with van der Waals surface area (Å²) in [6.07, 6.45) is 5.33. The van der Waals surface area contributed by atoms with Crippen LogP contribution in [-0.4, -0.2) is 18.0 Å². The van der Waals surface area contributed by atoms with E-state index in [0.29, 0.717) is 6.04 Å². The first-order valence-corrected chi connectivity index (χ1v) is 7.54. The minimum Gasteiger partial charge on any atom is -0.296 e. The summed E-state index contributed by atoms with van der Waals surface area (Å²) in [5.74, 6) is 0.729. The second-order valence-electron chi connectivity index (χ2n) is 5.79. The highest BCUT2D eigenvalue weighted by Crippen LogP contribution is 2.30. The molecule has 1 atom stereocenters. The van der Waals surface area contributed by atoms with Crippen LogP contribution in [-0.2, 0) is 0 Å². The van der Waals surface area contributed by atoms with Gasteiger partial charge in [-0.3, -0.25) is 4.90 Å². The van der Waals surface area contributed by atoms with E-state index in [2.05, 4.69) is 30.9 Å². The van der Waals surface area contributed by atoms with Crippen molar-refractivity contribution in [2.45, 2.75) is 45.6 Å². The third-order valence-corrected chi connectivity index (χ3v) is 4.03. The van der Waals surface area contributed by atoms with Crippen molar-refractivity contribution in [3.8, 4) is 0 Å². The van der Waals surface area contributed by atoms with E-state index in [4.69, 9.17) is 11.6 Å². The Morgan fingerprint density at radius 2 is 1.63 bits per heavy atom. The molecule has 1 aromatic rings. The molecular weight excluding hydrogens is 277 g/mol. The first kappa shape index (κ1) is 16.8. The Hall–Kier alpha value is -0.240. The molecule has 1 nitrogen and oxygen atoms in total. The van der Waals surface area contributed by atoms with Gasteiger partial charge in [-0.1, -0.05) is 44.0 Å². The number of hydrogen-bond acceptors (Lipinski definition) is 1. The predicted octanol–water partition coefficient (Wildman–Crippen LogP) is 5.33. The molecule has 1 saturated heterocycles. The highest BCUT2D eigenvalue weighted by atomic mass is 35.5. The minimum atomic E-state index is 0. The zero-order valence-electron chi connectivity index (χ0n) is 11.9. The first-order chi connectivity index (χ1) is 8.66. The molecule has 1 aliphatic rings. The molecule has 0 N–H and O–H groups in total. The van der Waals surface area contributed by atoms with Gasteiger partial charge in [0.2, 0.25) is 0 Å². The first-order valence-electron chi connectivity index (χ1n) is 7.16. The molecule has 0 saturated carbocycles. The summed E-state index contributed by atoms with van der Waals surface area (Å²) < 4.78 is 0. The lowest BCUT2D eigenvalue weighted by molar-refractivity contribution is 0.145. The van der Waals surface area contributed by atoms with Gasteiger partial charge in [-0.05, 0) is 56.0 Å². The third kappa shape index (κ3) is 4.98. The fraction of sp³-hybridized carbons (Fsp3) is 0.625. The van der Waals surface area contributed by atoms with Crippen LogP contribution < -0.4 is 0 Å². The molecule has 0 amide bonds. The molecular formula is C16H25Cl2N.